The first-order valence-corrected chi connectivity index (χ1v) is 10.1. The molecule has 0 aliphatic carbocycles. The number of benzene rings is 1. The molecule has 0 unspecified atom stereocenters. The molecule has 0 saturated heterocycles. The Bertz CT molecular complexity index is 804. The summed E-state index contributed by atoms with van der Waals surface area (Å²) < 4.78 is 6.15. The van der Waals surface area contributed by atoms with Crippen molar-refractivity contribution in [2.75, 3.05) is 17.2 Å². The number of hydrogen-bond donors (Lipinski definition) is 0. The molecular formula is C17H19ClN4O2S2. The van der Waals surface area contributed by atoms with Gasteiger partial charge in [-0.25, -0.2) is 0 Å². The molecule has 0 spiro atoms. The van der Waals surface area contributed by atoms with Gasteiger partial charge in [0.1, 0.15) is 0 Å². The van der Waals surface area contributed by atoms with Crippen molar-refractivity contribution in [1.82, 2.24) is 10.2 Å². The Labute approximate surface area is 166 Å². The van der Waals surface area contributed by atoms with Crippen molar-refractivity contribution in [3.05, 3.63) is 28.8 Å². The molecule has 0 bridgehead atoms. The summed E-state index contributed by atoms with van der Waals surface area (Å²) in [4.78, 5) is 14.3. The number of amides is 1. The molecule has 0 saturated carbocycles. The number of ether oxygens (including phenoxy) is 1. The quantitative estimate of drug-likeness (QED) is 0.602. The minimum atomic E-state index is -0.103. The standard InChI is InChI=1S/C17H19ClN4O2S2/c1-11(2)24-16-20-21-17(26-16)25-10-15(23)22(8-4-7-19)13-5-6-14(18)12(3)9-13/h5-6,9,11H,4,8,10H2,1-3H3. The molecule has 6 nitrogen and oxygen atoms in total. The van der Waals surface area contributed by atoms with Crippen molar-refractivity contribution in [3.63, 3.8) is 0 Å². The van der Waals surface area contributed by atoms with Gasteiger partial charge in [-0.15, -0.1) is 5.10 Å². The summed E-state index contributed by atoms with van der Waals surface area (Å²) in [5, 5.41) is 18.0. The Kier molecular flexibility index (Phi) is 7.69. The second-order valence-corrected chi connectivity index (χ2v) is 8.25. The van der Waals surface area contributed by atoms with E-state index in [-0.39, 0.29) is 24.2 Å². The van der Waals surface area contributed by atoms with Crippen LogP contribution in [0.3, 0.4) is 0 Å². The average Bonchev–Trinajstić information content (AvgIpc) is 3.03. The van der Waals surface area contributed by atoms with Crippen molar-refractivity contribution in [1.29, 1.82) is 5.26 Å². The molecule has 0 fully saturated rings. The van der Waals surface area contributed by atoms with E-state index in [1.54, 1.807) is 17.0 Å². The maximum absolute atomic E-state index is 12.7. The van der Waals surface area contributed by atoms with Gasteiger partial charge in [-0.1, -0.05) is 28.5 Å². The van der Waals surface area contributed by atoms with Crippen LogP contribution in [0.4, 0.5) is 5.69 Å². The van der Waals surface area contributed by atoms with Gasteiger partial charge in [-0.05, 0) is 55.9 Å². The van der Waals surface area contributed by atoms with Crippen molar-refractivity contribution in [2.45, 2.75) is 37.6 Å². The molecule has 0 radical (unpaired) electrons. The topological polar surface area (TPSA) is 79.1 Å². The molecule has 26 heavy (non-hydrogen) atoms. The zero-order valence-corrected chi connectivity index (χ0v) is 17.1. The lowest BCUT2D eigenvalue weighted by atomic mass is 10.2. The molecule has 0 N–H and O–H groups in total. The lowest BCUT2D eigenvalue weighted by molar-refractivity contribution is -0.116. The number of nitrogens with zero attached hydrogens (tertiary/aromatic N) is 4. The fourth-order valence-electron chi connectivity index (χ4n) is 2.06. The summed E-state index contributed by atoms with van der Waals surface area (Å²) in [5.74, 6) is 0.0946. The first-order valence-electron chi connectivity index (χ1n) is 7.97. The molecule has 0 aliphatic heterocycles. The third-order valence-electron chi connectivity index (χ3n) is 3.25. The van der Waals surface area contributed by atoms with Crippen LogP contribution in [0.5, 0.6) is 5.19 Å². The van der Waals surface area contributed by atoms with Crippen LogP contribution in [0.2, 0.25) is 5.02 Å². The van der Waals surface area contributed by atoms with E-state index in [9.17, 15) is 4.79 Å². The average molecular weight is 411 g/mol. The summed E-state index contributed by atoms with van der Waals surface area (Å²) in [7, 11) is 0. The first kappa shape index (κ1) is 20.5. The Balaban J connectivity index is 2.05. The Morgan fingerprint density at radius 1 is 1.46 bits per heavy atom. The third kappa shape index (κ3) is 5.87. The second kappa shape index (κ2) is 9.76. The normalized spacial score (nSPS) is 10.6. The minimum absolute atomic E-state index is 0.0250. The molecule has 1 amide bonds. The monoisotopic (exact) mass is 410 g/mol. The number of carbonyl (C=O) groups is 1. The fourth-order valence-corrected chi connectivity index (χ4v) is 3.86. The number of aromatic nitrogens is 2. The molecule has 138 valence electrons. The SMILES string of the molecule is Cc1cc(N(CCC#N)C(=O)CSc2nnc(OC(C)C)s2)ccc1Cl. The molecule has 0 aliphatic rings. The van der Waals surface area contributed by atoms with Crippen LogP contribution >= 0.6 is 34.7 Å². The van der Waals surface area contributed by atoms with Gasteiger partial charge >= 0.3 is 0 Å². The lowest BCUT2D eigenvalue weighted by Gasteiger charge is -2.22. The predicted molar refractivity (Wildman–Crippen MR) is 105 cm³/mol. The van der Waals surface area contributed by atoms with E-state index in [2.05, 4.69) is 16.3 Å². The zero-order valence-electron chi connectivity index (χ0n) is 14.7. The number of thioether (sulfide) groups is 1. The van der Waals surface area contributed by atoms with E-state index < -0.39 is 0 Å². The van der Waals surface area contributed by atoms with Crippen molar-refractivity contribution < 1.29 is 9.53 Å². The van der Waals surface area contributed by atoms with Gasteiger partial charge in [0.25, 0.3) is 5.19 Å². The Morgan fingerprint density at radius 2 is 2.23 bits per heavy atom. The van der Waals surface area contributed by atoms with E-state index >= 15 is 0 Å². The van der Waals surface area contributed by atoms with Crippen LogP contribution in [-0.4, -0.2) is 34.5 Å². The molecule has 2 aromatic rings. The van der Waals surface area contributed by atoms with Crippen molar-refractivity contribution in [2.24, 2.45) is 0 Å². The van der Waals surface area contributed by atoms with Gasteiger partial charge < -0.3 is 9.64 Å². The number of rotatable bonds is 8. The van der Waals surface area contributed by atoms with Crippen LogP contribution in [-0.2, 0) is 4.79 Å². The highest BCUT2D eigenvalue weighted by molar-refractivity contribution is 8.01. The van der Waals surface area contributed by atoms with E-state index in [0.29, 0.717) is 21.1 Å². The van der Waals surface area contributed by atoms with Crippen LogP contribution in [0.1, 0.15) is 25.8 Å². The highest BCUT2D eigenvalue weighted by Crippen LogP contribution is 2.29. The maximum Gasteiger partial charge on any atom is 0.295 e. The van der Waals surface area contributed by atoms with Gasteiger partial charge in [0.15, 0.2) is 4.34 Å². The summed E-state index contributed by atoms with van der Waals surface area (Å²) >= 11 is 8.68. The Hall–Kier alpha value is -1.82. The molecular weight excluding hydrogens is 392 g/mol. The summed E-state index contributed by atoms with van der Waals surface area (Å²) in [5.41, 5.74) is 1.61. The van der Waals surface area contributed by atoms with Crippen molar-refractivity contribution in [3.8, 4) is 11.3 Å². The van der Waals surface area contributed by atoms with E-state index in [0.717, 1.165) is 11.3 Å². The van der Waals surface area contributed by atoms with E-state index in [1.807, 2.05) is 26.8 Å². The van der Waals surface area contributed by atoms with Gasteiger partial charge in [0.05, 0.1) is 24.3 Å². The second-order valence-electron chi connectivity index (χ2n) is 5.68. The predicted octanol–water partition coefficient (Wildman–Crippen LogP) is 4.33. The van der Waals surface area contributed by atoms with Crippen LogP contribution in [0.25, 0.3) is 0 Å². The fraction of sp³-hybridized carbons (Fsp3) is 0.412. The number of carbonyl (C=O) groups excluding carboxylic acids is 1. The molecule has 9 heteroatoms. The largest absolute Gasteiger partial charge is 0.466 e. The number of aryl methyl sites for hydroxylation is 1. The highest BCUT2D eigenvalue weighted by Gasteiger charge is 2.18. The lowest BCUT2D eigenvalue weighted by Crippen LogP contribution is -2.33. The van der Waals surface area contributed by atoms with Gasteiger partial charge in [0.2, 0.25) is 5.91 Å². The van der Waals surface area contributed by atoms with Crippen LogP contribution < -0.4 is 9.64 Å². The minimum Gasteiger partial charge on any atom is -0.466 e. The number of hydrogen-bond acceptors (Lipinski definition) is 7. The van der Waals surface area contributed by atoms with Crippen molar-refractivity contribution >= 4 is 46.3 Å². The van der Waals surface area contributed by atoms with Gasteiger partial charge in [-0.2, -0.15) is 5.26 Å². The summed E-state index contributed by atoms with van der Waals surface area (Å²) in [6.07, 6.45) is 0.278. The molecule has 1 aromatic heterocycles. The van der Waals surface area contributed by atoms with E-state index in [1.165, 1.54) is 23.1 Å². The van der Waals surface area contributed by atoms with Crippen LogP contribution in [0.15, 0.2) is 22.5 Å². The molecule has 1 heterocycles. The number of anilines is 1. The van der Waals surface area contributed by atoms with E-state index in [4.69, 9.17) is 21.6 Å². The number of halogens is 1. The van der Waals surface area contributed by atoms with Gasteiger partial charge in [0, 0.05) is 17.3 Å². The summed E-state index contributed by atoms with van der Waals surface area (Å²) in [6.45, 7) is 6.04. The van der Waals surface area contributed by atoms with Gasteiger partial charge in [-0.3, -0.25) is 4.79 Å². The first-order chi connectivity index (χ1) is 12.4. The Morgan fingerprint density at radius 3 is 2.88 bits per heavy atom. The molecule has 0 atom stereocenters. The molecule has 2 rings (SSSR count). The van der Waals surface area contributed by atoms with Crippen LogP contribution in [0, 0.1) is 18.3 Å². The smallest absolute Gasteiger partial charge is 0.295 e. The zero-order chi connectivity index (χ0) is 19.1. The highest BCUT2D eigenvalue weighted by atomic mass is 35.5. The maximum atomic E-state index is 12.7. The number of nitriles is 1. The third-order valence-corrected chi connectivity index (χ3v) is 5.60. The molecule has 1 aromatic carbocycles. The summed E-state index contributed by atoms with van der Waals surface area (Å²) in [6, 6.07) is 7.47.